The number of aliphatic hydroxyl groups is 2. The Bertz CT molecular complexity index is 1520. The zero-order chi connectivity index (χ0) is 31.1. The van der Waals surface area contributed by atoms with Gasteiger partial charge in [0.15, 0.2) is 5.82 Å². The number of anilines is 1. The third-order valence-corrected chi connectivity index (χ3v) is 10.7. The number of carbonyl (C=O) groups is 1. The maximum absolute atomic E-state index is 14.1. The average Bonchev–Trinajstić information content (AvgIpc) is 3.56. The maximum atomic E-state index is 14.1. The van der Waals surface area contributed by atoms with Gasteiger partial charge in [-0.3, -0.25) is 9.32 Å². The Hall–Kier alpha value is -3.10. The highest BCUT2D eigenvalue weighted by Crippen LogP contribution is 2.48. The fourth-order valence-electron chi connectivity index (χ4n) is 6.17. The number of nitrogen functional groups attached to an aromatic ring is 1. The van der Waals surface area contributed by atoms with Gasteiger partial charge >= 0.3 is 13.7 Å². The Balaban J connectivity index is 1.15. The molecular weight excluding hydrogens is 591 g/mol. The summed E-state index contributed by atoms with van der Waals surface area (Å²) < 4.78 is 39.1. The highest BCUT2D eigenvalue weighted by Gasteiger charge is 2.54. The van der Waals surface area contributed by atoms with Gasteiger partial charge in [0.1, 0.15) is 47.5 Å². The van der Waals surface area contributed by atoms with Crippen LogP contribution in [-0.2, 0) is 23.4 Å². The Morgan fingerprint density at radius 3 is 2.57 bits per heavy atom. The van der Waals surface area contributed by atoms with Crippen LogP contribution in [0.1, 0.15) is 44.9 Å². The van der Waals surface area contributed by atoms with E-state index in [9.17, 15) is 19.6 Å². The Morgan fingerprint density at radius 2 is 1.86 bits per heavy atom. The maximum Gasteiger partial charge on any atom is 0.459 e. The second-order valence-corrected chi connectivity index (χ2v) is 13.9. The molecule has 5 N–H and O–H groups in total. The number of esters is 1. The second-order valence-electron chi connectivity index (χ2n) is 12.2. The van der Waals surface area contributed by atoms with Crippen molar-refractivity contribution < 1.29 is 38.1 Å². The van der Waals surface area contributed by atoms with E-state index in [-0.39, 0.29) is 17.0 Å². The van der Waals surface area contributed by atoms with Crippen LogP contribution < -0.4 is 15.3 Å². The molecule has 0 radical (unpaired) electrons. The van der Waals surface area contributed by atoms with Crippen LogP contribution in [0.3, 0.4) is 0 Å². The molecule has 238 valence electrons. The lowest BCUT2D eigenvalue weighted by atomic mass is 9.73. The normalized spacial score (nSPS) is 31.9. The van der Waals surface area contributed by atoms with Gasteiger partial charge in [0.2, 0.25) is 0 Å². The van der Waals surface area contributed by atoms with Crippen LogP contribution in [0, 0.1) is 5.41 Å². The molecule has 0 saturated carbocycles. The number of benzene rings is 1. The largest absolute Gasteiger partial charge is 0.464 e. The molecule has 7 rings (SSSR count). The van der Waals surface area contributed by atoms with E-state index < -0.39 is 50.3 Å². The van der Waals surface area contributed by atoms with Crippen LogP contribution in [0.25, 0.3) is 5.52 Å². The summed E-state index contributed by atoms with van der Waals surface area (Å²) in [6.45, 7) is 5.92. The number of aromatic nitrogens is 3. The third kappa shape index (κ3) is 6.08. The summed E-state index contributed by atoms with van der Waals surface area (Å²) in [7, 11) is -4.26. The molecule has 4 saturated heterocycles. The molecule has 2 bridgehead atoms. The van der Waals surface area contributed by atoms with Crippen molar-refractivity contribution in [2.75, 3.05) is 38.6 Å². The lowest BCUT2D eigenvalue weighted by Crippen LogP contribution is -2.50. The van der Waals surface area contributed by atoms with Crippen molar-refractivity contribution in [3.05, 3.63) is 54.5 Å². The van der Waals surface area contributed by atoms with E-state index in [1.807, 2.05) is 0 Å². The quantitative estimate of drug-likeness (QED) is 0.179. The van der Waals surface area contributed by atoms with Crippen molar-refractivity contribution in [2.45, 2.75) is 63.1 Å². The molecule has 3 aromatic rings. The van der Waals surface area contributed by atoms with Crippen molar-refractivity contribution in [1.82, 2.24) is 24.6 Å². The third-order valence-electron chi connectivity index (χ3n) is 9.05. The van der Waals surface area contributed by atoms with E-state index in [0.29, 0.717) is 17.8 Å². The lowest BCUT2D eigenvalue weighted by Gasteiger charge is -2.47. The molecule has 0 amide bonds. The van der Waals surface area contributed by atoms with Gasteiger partial charge in [0, 0.05) is 5.41 Å². The minimum atomic E-state index is -4.26. The predicted octanol–water partition coefficient (Wildman–Crippen LogP) is 2.07. The molecule has 4 aliphatic rings. The Kier molecular flexibility index (Phi) is 8.44. The van der Waals surface area contributed by atoms with Gasteiger partial charge in [-0.2, -0.15) is 10.2 Å². The summed E-state index contributed by atoms with van der Waals surface area (Å²) in [5.74, 6) is -0.0930. The predicted molar refractivity (Wildman–Crippen MR) is 159 cm³/mol. The molecule has 1 unspecified atom stereocenters. The second kappa shape index (κ2) is 12.0. The standard InChI is InChI=1S/C29H39N6O8P/c1-19(27(38)40-17-29-10-13-34(14-11-29)15-12-29)33-44(39,43-20-6-4-3-5-7-20)41-16-28(2)25(37)23(36)24(42-28)21-8-9-22-26(30)31-18-32-35(21)22/h3-9,18-19,23-25,36-37H,10-17H2,1-2H3,(H,33,39)(H2,30,31,32)/t19-,23-,24-,25-,28+,44?/m0/s1. The van der Waals surface area contributed by atoms with Crippen LogP contribution in [-0.4, -0.2) is 92.4 Å². The molecule has 6 atom stereocenters. The minimum absolute atomic E-state index is 0.0180. The fraction of sp³-hybridized carbons (Fsp3) is 0.552. The highest BCUT2D eigenvalue weighted by atomic mass is 31.2. The number of ether oxygens (including phenoxy) is 2. The number of nitrogens with zero attached hydrogens (tertiary/aromatic N) is 4. The summed E-state index contributed by atoms with van der Waals surface area (Å²) >= 11 is 0. The molecule has 4 fully saturated rings. The van der Waals surface area contributed by atoms with E-state index in [2.05, 4.69) is 20.1 Å². The first kappa shape index (κ1) is 30.9. The molecule has 15 heteroatoms. The fourth-order valence-corrected chi connectivity index (χ4v) is 7.76. The van der Waals surface area contributed by atoms with Gasteiger partial charge in [0.25, 0.3) is 0 Å². The number of aliphatic hydroxyl groups excluding tert-OH is 2. The van der Waals surface area contributed by atoms with E-state index >= 15 is 0 Å². The summed E-state index contributed by atoms with van der Waals surface area (Å²) in [5.41, 5.74) is 5.35. The molecule has 2 aromatic heterocycles. The summed E-state index contributed by atoms with van der Waals surface area (Å²) in [6, 6.07) is 10.7. The van der Waals surface area contributed by atoms with Crippen molar-refractivity contribution in [3.8, 4) is 5.75 Å². The van der Waals surface area contributed by atoms with Gasteiger partial charge in [-0.1, -0.05) is 18.2 Å². The number of rotatable bonds is 11. The molecule has 1 aromatic carbocycles. The van der Waals surface area contributed by atoms with Crippen molar-refractivity contribution in [1.29, 1.82) is 0 Å². The van der Waals surface area contributed by atoms with Gasteiger partial charge < -0.3 is 34.8 Å². The zero-order valence-corrected chi connectivity index (χ0v) is 25.6. The molecule has 0 aliphatic carbocycles. The first-order valence-electron chi connectivity index (χ1n) is 14.8. The molecule has 14 nitrogen and oxygen atoms in total. The smallest absolute Gasteiger partial charge is 0.459 e. The van der Waals surface area contributed by atoms with E-state index in [0.717, 1.165) is 38.9 Å². The monoisotopic (exact) mass is 630 g/mol. The van der Waals surface area contributed by atoms with E-state index in [1.165, 1.54) is 24.7 Å². The molecular formula is C29H39N6O8P. The number of nitrogens with two attached hydrogens (primary N) is 1. The van der Waals surface area contributed by atoms with Crippen LogP contribution in [0.15, 0.2) is 48.8 Å². The lowest BCUT2D eigenvalue weighted by molar-refractivity contribution is -0.152. The summed E-state index contributed by atoms with van der Waals surface area (Å²) in [6.07, 6.45) is 0.387. The number of para-hydroxylation sites is 1. The van der Waals surface area contributed by atoms with Gasteiger partial charge in [0.05, 0.1) is 18.9 Å². The van der Waals surface area contributed by atoms with E-state index in [4.69, 9.17) is 24.3 Å². The zero-order valence-electron chi connectivity index (χ0n) is 24.7. The van der Waals surface area contributed by atoms with Gasteiger partial charge in [-0.05, 0) is 77.0 Å². The van der Waals surface area contributed by atoms with Crippen LogP contribution >= 0.6 is 7.75 Å². The molecule has 4 aliphatic heterocycles. The SMILES string of the molecule is C[C@H](NP(=O)(OC[C@@]1(C)O[C@@H](c2ccc3c(N)ncnn23)[C@H](O)[C@@H]1O)Oc1ccccc1)C(=O)OCC12CCN(CC1)CC2. The van der Waals surface area contributed by atoms with Gasteiger partial charge in [-0.25, -0.2) is 14.1 Å². The van der Waals surface area contributed by atoms with Crippen molar-refractivity contribution in [2.24, 2.45) is 5.41 Å². The van der Waals surface area contributed by atoms with Crippen molar-refractivity contribution in [3.63, 3.8) is 0 Å². The molecule has 6 heterocycles. The number of carbonyl (C=O) groups excluding carboxylic acids is 1. The van der Waals surface area contributed by atoms with Crippen LogP contribution in [0.2, 0.25) is 0 Å². The average molecular weight is 631 g/mol. The minimum Gasteiger partial charge on any atom is -0.464 e. The summed E-state index contributed by atoms with van der Waals surface area (Å²) in [4.78, 5) is 19.4. The Morgan fingerprint density at radius 1 is 1.16 bits per heavy atom. The van der Waals surface area contributed by atoms with Crippen molar-refractivity contribution >= 4 is 25.1 Å². The molecule has 0 spiro atoms. The number of fused-ring (bicyclic) bond motifs is 4. The topological polar surface area (TPSA) is 183 Å². The van der Waals surface area contributed by atoms with E-state index in [1.54, 1.807) is 42.5 Å². The van der Waals surface area contributed by atoms with Gasteiger partial charge in [-0.15, -0.1) is 0 Å². The number of hydrogen-bond acceptors (Lipinski definition) is 12. The van der Waals surface area contributed by atoms with Crippen LogP contribution in [0.4, 0.5) is 5.82 Å². The number of piperidine rings is 3. The summed E-state index contributed by atoms with van der Waals surface area (Å²) in [5, 5.41) is 28.9. The molecule has 44 heavy (non-hydrogen) atoms. The Labute approximate surface area is 255 Å². The highest BCUT2D eigenvalue weighted by molar-refractivity contribution is 7.52. The number of hydrogen-bond donors (Lipinski definition) is 4. The van der Waals surface area contributed by atoms with Crippen LogP contribution in [0.5, 0.6) is 5.75 Å². The number of nitrogens with one attached hydrogen (secondary N) is 1. The first-order valence-corrected chi connectivity index (χ1v) is 16.3. The first-order chi connectivity index (χ1) is 21.0.